The van der Waals surface area contributed by atoms with Crippen molar-refractivity contribution in [3.63, 3.8) is 0 Å². The zero-order valence-corrected chi connectivity index (χ0v) is 20.0. The molecule has 0 aromatic heterocycles. The highest BCUT2D eigenvalue weighted by Crippen LogP contribution is 2.36. The number of aliphatic hydroxyl groups excluding tert-OH is 1. The van der Waals surface area contributed by atoms with E-state index in [-0.39, 0.29) is 39.6 Å². The van der Waals surface area contributed by atoms with Gasteiger partial charge in [0.1, 0.15) is 6.23 Å². The molecule has 31 heavy (non-hydrogen) atoms. The van der Waals surface area contributed by atoms with E-state index in [0.29, 0.717) is 17.1 Å². The van der Waals surface area contributed by atoms with Gasteiger partial charge in [-0.05, 0) is 56.7 Å². The van der Waals surface area contributed by atoms with Crippen molar-refractivity contribution in [3.8, 4) is 0 Å². The number of halogens is 1. The van der Waals surface area contributed by atoms with Crippen molar-refractivity contribution in [2.45, 2.75) is 76.8 Å². The molecule has 2 amide bonds. The molecule has 1 aromatic carbocycles. The number of amides is 2. The van der Waals surface area contributed by atoms with Crippen LogP contribution in [0.2, 0.25) is 5.02 Å². The molecule has 2 N–H and O–H groups in total. The van der Waals surface area contributed by atoms with Gasteiger partial charge in [0.25, 0.3) is 10.0 Å². The molecule has 0 radical (unpaired) electrons. The summed E-state index contributed by atoms with van der Waals surface area (Å²) in [6, 6.07) is 3.02. The van der Waals surface area contributed by atoms with E-state index in [2.05, 4.69) is 5.32 Å². The van der Waals surface area contributed by atoms with Gasteiger partial charge in [0, 0.05) is 23.0 Å². The zero-order chi connectivity index (χ0) is 23.2. The number of carbonyl (C=O) groups is 2. The number of ketones is 1. The molecular formula is C22H33ClN2O5S. The molecule has 9 heteroatoms. The average molecular weight is 473 g/mol. The first kappa shape index (κ1) is 25.6. The molecule has 174 valence electrons. The van der Waals surface area contributed by atoms with Crippen LogP contribution in [0.3, 0.4) is 0 Å². The van der Waals surface area contributed by atoms with Crippen molar-refractivity contribution in [1.29, 1.82) is 0 Å². The number of carbonyl (C=O) groups excluding carboxylic acids is 2. The van der Waals surface area contributed by atoms with Crippen LogP contribution in [0.4, 0.5) is 4.79 Å². The maximum Gasteiger partial charge on any atom is 0.333 e. The van der Waals surface area contributed by atoms with E-state index >= 15 is 0 Å². The first-order valence-corrected chi connectivity index (χ1v) is 12.8. The molecule has 0 aliphatic heterocycles. The second-order valence-electron chi connectivity index (χ2n) is 8.08. The highest BCUT2D eigenvalue weighted by atomic mass is 35.5. The van der Waals surface area contributed by atoms with E-state index in [1.165, 1.54) is 25.1 Å². The second kappa shape index (κ2) is 11.3. The van der Waals surface area contributed by atoms with Gasteiger partial charge in [0.2, 0.25) is 0 Å². The zero-order valence-electron chi connectivity index (χ0n) is 18.4. The summed E-state index contributed by atoms with van der Waals surface area (Å²) in [6.07, 6.45) is 4.72. The number of sulfonamides is 1. The lowest BCUT2D eigenvalue weighted by Gasteiger charge is -2.30. The van der Waals surface area contributed by atoms with E-state index in [0.717, 1.165) is 32.1 Å². The van der Waals surface area contributed by atoms with Gasteiger partial charge < -0.3 is 10.4 Å². The van der Waals surface area contributed by atoms with E-state index < -0.39 is 22.3 Å². The monoisotopic (exact) mass is 472 g/mol. The van der Waals surface area contributed by atoms with Crippen molar-refractivity contribution in [2.75, 3.05) is 6.54 Å². The van der Waals surface area contributed by atoms with Crippen LogP contribution in [0.1, 0.15) is 76.1 Å². The summed E-state index contributed by atoms with van der Waals surface area (Å²) >= 11 is 6.13. The molecule has 2 rings (SSSR count). The Morgan fingerprint density at radius 2 is 1.87 bits per heavy atom. The topological polar surface area (TPSA) is 104 Å². The number of nitrogens with zero attached hydrogens (tertiary/aromatic N) is 1. The molecule has 0 bridgehead atoms. The lowest BCUT2D eigenvalue weighted by Crippen LogP contribution is -2.49. The second-order valence-corrected chi connectivity index (χ2v) is 10.3. The summed E-state index contributed by atoms with van der Waals surface area (Å²) in [5.41, 5.74) is -0.0288. The predicted molar refractivity (Wildman–Crippen MR) is 121 cm³/mol. The number of benzene rings is 1. The van der Waals surface area contributed by atoms with Gasteiger partial charge in [0.05, 0.1) is 4.90 Å². The number of hydrogen-bond acceptors (Lipinski definition) is 5. The Morgan fingerprint density at radius 3 is 2.42 bits per heavy atom. The van der Waals surface area contributed by atoms with Gasteiger partial charge in [-0.15, -0.1) is 0 Å². The highest BCUT2D eigenvalue weighted by Gasteiger charge is 2.38. The van der Waals surface area contributed by atoms with Gasteiger partial charge in [-0.2, -0.15) is 4.31 Å². The molecule has 0 saturated heterocycles. The quantitative estimate of drug-likeness (QED) is 0.404. The molecule has 2 atom stereocenters. The summed E-state index contributed by atoms with van der Waals surface area (Å²) in [5, 5.41) is 12.8. The first-order chi connectivity index (χ1) is 14.6. The lowest BCUT2D eigenvalue weighted by atomic mass is 9.75. The molecule has 7 nitrogen and oxygen atoms in total. The smallest absolute Gasteiger partial charge is 0.333 e. The highest BCUT2D eigenvalue weighted by molar-refractivity contribution is 7.89. The third kappa shape index (κ3) is 5.99. The number of urea groups is 1. The van der Waals surface area contributed by atoms with Crippen LogP contribution in [0.25, 0.3) is 0 Å². The van der Waals surface area contributed by atoms with E-state index in [4.69, 9.17) is 11.6 Å². The van der Waals surface area contributed by atoms with Crippen LogP contribution in [0, 0.1) is 11.8 Å². The molecule has 1 aliphatic rings. The van der Waals surface area contributed by atoms with Gasteiger partial charge in [0.15, 0.2) is 5.78 Å². The van der Waals surface area contributed by atoms with Gasteiger partial charge in [-0.1, -0.05) is 44.7 Å². The molecule has 2 unspecified atom stereocenters. The fourth-order valence-electron chi connectivity index (χ4n) is 4.28. The van der Waals surface area contributed by atoms with E-state index in [1.54, 1.807) is 0 Å². The van der Waals surface area contributed by atoms with E-state index in [1.807, 2.05) is 13.8 Å². The Labute approximate surface area is 190 Å². The normalized spacial score (nSPS) is 17.1. The van der Waals surface area contributed by atoms with Crippen LogP contribution in [-0.4, -0.2) is 42.4 Å². The third-order valence-electron chi connectivity index (χ3n) is 5.81. The SMILES string of the molecule is CCCNC(=O)N(C(C)O)S(=O)(=O)c1ccc(Cl)cc1C(=O)C(CC)C1CCCCC1. The molecule has 1 aromatic rings. The minimum absolute atomic E-state index is 0.0288. The molecular weight excluding hydrogens is 440 g/mol. The molecule has 0 heterocycles. The third-order valence-corrected chi connectivity index (χ3v) is 7.94. The summed E-state index contributed by atoms with van der Waals surface area (Å²) in [5.74, 6) is -0.405. The van der Waals surface area contributed by atoms with Crippen LogP contribution >= 0.6 is 11.6 Å². The number of Topliss-reactive ketones (excluding diaryl/α,β-unsaturated/α-hetero) is 1. The van der Waals surface area contributed by atoms with Gasteiger partial charge in [-0.3, -0.25) is 4.79 Å². The summed E-state index contributed by atoms with van der Waals surface area (Å²) in [4.78, 5) is 25.7. The maximum atomic E-state index is 13.5. The Kier molecular flexibility index (Phi) is 9.33. The van der Waals surface area contributed by atoms with Crippen LogP contribution in [-0.2, 0) is 10.0 Å². The predicted octanol–water partition coefficient (Wildman–Crippen LogP) is 4.58. The van der Waals surface area contributed by atoms with Gasteiger partial charge >= 0.3 is 6.03 Å². The Hall–Kier alpha value is -1.64. The van der Waals surface area contributed by atoms with Crippen molar-refractivity contribution in [2.24, 2.45) is 11.8 Å². The summed E-state index contributed by atoms with van der Waals surface area (Å²) in [7, 11) is -4.50. The summed E-state index contributed by atoms with van der Waals surface area (Å²) < 4.78 is 27.2. The van der Waals surface area contributed by atoms with Crippen LogP contribution in [0.5, 0.6) is 0 Å². The fourth-order valence-corrected chi connectivity index (χ4v) is 6.03. The van der Waals surface area contributed by atoms with Crippen molar-refractivity contribution in [1.82, 2.24) is 9.62 Å². The largest absolute Gasteiger partial charge is 0.373 e. The summed E-state index contributed by atoms with van der Waals surface area (Å²) in [6.45, 7) is 5.20. The number of rotatable bonds is 9. The van der Waals surface area contributed by atoms with Crippen LogP contribution < -0.4 is 5.32 Å². The minimum atomic E-state index is -4.50. The molecule has 1 fully saturated rings. The van der Waals surface area contributed by atoms with Crippen molar-refractivity contribution in [3.05, 3.63) is 28.8 Å². The number of nitrogens with one attached hydrogen (secondary N) is 1. The Bertz CT molecular complexity index is 882. The molecule has 0 spiro atoms. The van der Waals surface area contributed by atoms with Crippen molar-refractivity contribution >= 4 is 33.4 Å². The first-order valence-electron chi connectivity index (χ1n) is 11.0. The van der Waals surface area contributed by atoms with Crippen LogP contribution in [0.15, 0.2) is 23.1 Å². The lowest BCUT2D eigenvalue weighted by molar-refractivity contribution is 0.0831. The van der Waals surface area contributed by atoms with E-state index in [9.17, 15) is 23.1 Å². The Balaban J connectivity index is 2.51. The molecule has 1 aliphatic carbocycles. The Morgan fingerprint density at radius 1 is 1.23 bits per heavy atom. The number of hydrogen-bond donors (Lipinski definition) is 2. The van der Waals surface area contributed by atoms with Gasteiger partial charge in [-0.25, -0.2) is 13.2 Å². The fraction of sp³-hybridized carbons (Fsp3) is 0.636. The maximum absolute atomic E-state index is 13.5. The van der Waals surface area contributed by atoms with Crippen molar-refractivity contribution < 1.29 is 23.1 Å². The standard InChI is InChI=1S/C22H33ClN2O5S/c1-4-13-24-22(28)25(15(3)26)31(29,30)20-12-11-17(23)14-19(20)21(27)18(5-2)16-9-7-6-8-10-16/h11-12,14-16,18,26H,4-10,13H2,1-3H3,(H,24,28). The minimum Gasteiger partial charge on any atom is -0.373 e. The number of aliphatic hydroxyl groups is 1. The molecule has 1 saturated carbocycles. The average Bonchev–Trinajstić information content (AvgIpc) is 2.72.